The number of hydrogen-bond acceptors (Lipinski definition) is 4. The summed E-state index contributed by atoms with van der Waals surface area (Å²) in [4.78, 5) is 12.0. The molecule has 7 heteroatoms. The smallest absolute Gasteiger partial charge is 0.244 e. The predicted octanol–water partition coefficient (Wildman–Crippen LogP) is 3.32. The first-order valence-electron chi connectivity index (χ1n) is 7.69. The van der Waals surface area contributed by atoms with Crippen LogP contribution >= 0.6 is 0 Å². The highest BCUT2D eigenvalue weighted by Gasteiger charge is 2.14. The molecule has 0 aliphatic carbocycles. The molecule has 2 aromatic rings. The van der Waals surface area contributed by atoms with Gasteiger partial charge in [-0.25, -0.2) is 8.78 Å². The zero-order valence-electron chi connectivity index (χ0n) is 14.6. The van der Waals surface area contributed by atoms with E-state index in [1.807, 2.05) is 0 Å². The Balaban J connectivity index is 2.13. The van der Waals surface area contributed by atoms with Crippen LogP contribution in [0.2, 0.25) is 0 Å². The fourth-order valence-corrected chi connectivity index (χ4v) is 2.32. The lowest BCUT2D eigenvalue weighted by molar-refractivity contribution is -0.116. The van der Waals surface area contributed by atoms with E-state index in [0.717, 1.165) is 24.3 Å². The molecule has 138 valence electrons. The van der Waals surface area contributed by atoms with Crippen molar-refractivity contribution in [2.45, 2.75) is 6.54 Å². The second-order valence-electron chi connectivity index (χ2n) is 5.20. The summed E-state index contributed by atoms with van der Waals surface area (Å²) in [5, 5.41) is 2.62. The van der Waals surface area contributed by atoms with Gasteiger partial charge >= 0.3 is 0 Å². The van der Waals surface area contributed by atoms with Gasteiger partial charge in [-0.3, -0.25) is 4.79 Å². The quantitative estimate of drug-likeness (QED) is 0.767. The van der Waals surface area contributed by atoms with Gasteiger partial charge in [0, 0.05) is 23.8 Å². The number of hydrogen-bond donors (Lipinski definition) is 1. The molecule has 2 rings (SSSR count). The number of methoxy groups -OCH3 is 3. The number of nitrogens with one attached hydrogen (secondary N) is 1. The zero-order valence-corrected chi connectivity index (χ0v) is 14.6. The van der Waals surface area contributed by atoms with Crippen molar-refractivity contribution in [1.82, 2.24) is 5.32 Å². The number of ether oxygens (including phenoxy) is 3. The highest BCUT2D eigenvalue weighted by atomic mass is 19.1. The number of carbonyl (C=O) groups excluding carboxylic acids is 1. The van der Waals surface area contributed by atoms with E-state index in [4.69, 9.17) is 14.2 Å². The molecule has 1 N–H and O–H groups in total. The van der Waals surface area contributed by atoms with E-state index in [2.05, 4.69) is 5.32 Å². The average Bonchev–Trinajstić information content (AvgIpc) is 2.65. The SMILES string of the molecule is COc1cc(OC)c(CNC(=O)/C=C/c2c(F)cccc2F)c(OC)c1. The minimum Gasteiger partial charge on any atom is -0.496 e. The molecule has 0 radical (unpaired) electrons. The summed E-state index contributed by atoms with van der Waals surface area (Å²) in [6.07, 6.45) is 2.15. The molecule has 2 aromatic carbocycles. The summed E-state index contributed by atoms with van der Waals surface area (Å²) in [7, 11) is 4.49. The van der Waals surface area contributed by atoms with Crippen LogP contribution in [0.15, 0.2) is 36.4 Å². The van der Waals surface area contributed by atoms with Crippen molar-refractivity contribution < 1.29 is 27.8 Å². The molecule has 0 heterocycles. The molecule has 0 spiro atoms. The van der Waals surface area contributed by atoms with Crippen molar-refractivity contribution in [2.75, 3.05) is 21.3 Å². The van der Waals surface area contributed by atoms with Gasteiger partial charge in [-0.1, -0.05) is 6.07 Å². The Morgan fingerprint density at radius 2 is 1.62 bits per heavy atom. The number of rotatable bonds is 7. The molecule has 1 amide bonds. The first-order chi connectivity index (χ1) is 12.5. The molecule has 0 atom stereocenters. The van der Waals surface area contributed by atoms with E-state index in [1.165, 1.54) is 27.4 Å². The van der Waals surface area contributed by atoms with Crippen LogP contribution in [0.3, 0.4) is 0 Å². The molecule has 0 aliphatic rings. The van der Waals surface area contributed by atoms with Crippen LogP contribution in [0.4, 0.5) is 8.78 Å². The Morgan fingerprint density at radius 1 is 1.04 bits per heavy atom. The Labute approximate surface area is 150 Å². The Hall–Kier alpha value is -3.09. The largest absolute Gasteiger partial charge is 0.496 e. The second-order valence-corrected chi connectivity index (χ2v) is 5.20. The Morgan fingerprint density at radius 3 is 2.12 bits per heavy atom. The monoisotopic (exact) mass is 363 g/mol. The molecular weight excluding hydrogens is 344 g/mol. The van der Waals surface area contributed by atoms with Gasteiger partial charge in [0.25, 0.3) is 0 Å². The summed E-state index contributed by atoms with van der Waals surface area (Å²) in [6, 6.07) is 6.81. The van der Waals surface area contributed by atoms with Crippen LogP contribution in [-0.2, 0) is 11.3 Å². The van der Waals surface area contributed by atoms with Crippen molar-refractivity contribution in [1.29, 1.82) is 0 Å². The van der Waals surface area contributed by atoms with E-state index in [9.17, 15) is 13.6 Å². The van der Waals surface area contributed by atoms with Gasteiger partial charge < -0.3 is 19.5 Å². The van der Waals surface area contributed by atoms with Crippen LogP contribution in [0, 0.1) is 11.6 Å². The number of carbonyl (C=O) groups is 1. The third-order valence-corrected chi connectivity index (χ3v) is 3.66. The molecular formula is C19H19F2NO4. The van der Waals surface area contributed by atoms with E-state index in [-0.39, 0.29) is 12.1 Å². The molecule has 0 aromatic heterocycles. The van der Waals surface area contributed by atoms with Crippen LogP contribution in [0.1, 0.15) is 11.1 Å². The lowest BCUT2D eigenvalue weighted by Gasteiger charge is -2.15. The zero-order chi connectivity index (χ0) is 19.1. The standard InChI is InChI=1S/C19H19F2NO4/c1-24-12-9-17(25-2)14(18(10-12)26-3)11-22-19(23)8-7-13-15(20)5-4-6-16(13)21/h4-10H,11H2,1-3H3,(H,22,23)/b8-7+. The fraction of sp³-hybridized carbons (Fsp3) is 0.211. The predicted molar refractivity (Wildman–Crippen MR) is 93.3 cm³/mol. The van der Waals surface area contributed by atoms with E-state index < -0.39 is 17.5 Å². The van der Waals surface area contributed by atoms with Crippen LogP contribution in [-0.4, -0.2) is 27.2 Å². The first kappa shape index (κ1) is 19.2. The lowest BCUT2D eigenvalue weighted by Crippen LogP contribution is -2.21. The average molecular weight is 363 g/mol. The van der Waals surface area contributed by atoms with Crippen molar-refractivity contribution >= 4 is 12.0 Å². The second kappa shape index (κ2) is 8.84. The van der Waals surface area contributed by atoms with Crippen molar-refractivity contribution in [2.24, 2.45) is 0 Å². The molecule has 0 bridgehead atoms. The van der Waals surface area contributed by atoms with Gasteiger partial charge in [0.15, 0.2) is 0 Å². The summed E-state index contributed by atoms with van der Waals surface area (Å²) in [5.74, 6) is -0.507. The van der Waals surface area contributed by atoms with Crippen LogP contribution < -0.4 is 19.5 Å². The molecule has 0 saturated carbocycles. The topological polar surface area (TPSA) is 56.8 Å². The normalized spacial score (nSPS) is 10.7. The maximum absolute atomic E-state index is 13.6. The third kappa shape index (κ3) is 4.50. The maximum atomic E-state index is 13.6. The molecule has 0 fully saturated rings. The van der Waals surface area contributed by atoms with E-state index >= 15 is 0 Å². The van der Waals surface area contributed by atoms with E-state index in [0.29, 0.717) is 22.8 Å². The lowest BCUT2D eigenvalue weighted by atomic mass is 10.1. The number of benzene rings is 2. The summed E-state index contributed by atoms with van der Waals surface area (Å²) in [5.41, 5.74) is 0.330. The van der Waals surface area contributed by atoms with Crippen LogP contribution in [0.25, 0.3) is 6.08 Å². The van der Waals surface area contributed by atoms with Crippen molar-refractivity contribution in [3.63, 3.8) is 0 Å². The number of amides is 1. The van der Waals surface area contributed by atoms with Crippen LogP contribution in [0.5, 0.6) is 17.2 Å². The molecule has 26 heavy (non-hydrogen) atoms. The molecule has 0 saturated heterocycles. The minimum atomic E-state index is -0.743. The Bertz CT molecular complexity index is 776. The third-order valence-electron chi connectivity index (χ3n) is 3.66. The number of halogens is 2. The first-order valence-corrected chi connectivity index (χ1v) is 7.69. The summed E-state index contributed by atoms with van der Waals surface area (Å²) in [6.45, 7) is 0.0965. The highest BCUT2D eigenvalue weighted by molar-refractivity contribution is 5.91. The summed E-state index contributed by atoms with van der Waals surface area (Å²) >= 11 is 0. The maximum Gasteiger partial charge on any atom is 0.244 e. The van der Waals surface area contributed by atoms with Crippen molar-refractivity contribution in [3.05, 3.63) is 59.2 Å². The van der Waals surface area contributed by atoms with Gasteiger partial charge in [-0.05, 0) is 18.2 Å². The Kier molecular flexibility index (Phi) is 6.54. The minimum absolute atomic E-state index is 0.0965. The van der Waals surface area contributed by atoms with Gasteiger partial charge in [-0.15, -0.1) is 0 Å². The van der Waals surface area contributed by atoms with Gasteiger partial charge in [0.2, 0.25) is 5.91 Å². The molecule has 0 unspecified atom stereocenters. The van der Waals surface area contributed by atoms with Gasteiger partial charge in [0.05, 0.1) is 33.4 Å². The van der Waals surface area contributed by atoms with E-state index in [1.54, 1.807) is 12.1 Å². The van der Waals surface area contributed by atoms with Crippen molar-refractivity contribution in [3.8, 4) is 17.2 Å². The van der Waals surface area contributed by atoms with Gasteiger partial charge in [-0.2, -0.15) is 0 Å². The summed E-state index contributed by atoms with van der Waals surface area (Å²) < 4.78 is 42.9. The fourth-order valence-electron chi connectivity index (χ4n) is 2.32. The van der Waals surface area contributed by atoms with Gasteiger partial charge in [0.1, 0.15) is 28.9 Å². The molecule has 0 aliphatic heterocycles. The highest BCUT2D eigenvalue weighted by Crippen LogP contribution is 2.33. The molecule has 5 nitrogen and oxygen atoms in total.